The van der Waals surface area contributed by atoms with E-state index in [0.29, 0.717) is 28.9 Å². The van der Waals surface area contributed by atoms with Crippen LogP contribution in [0.4, 0.5) is 13.2 Å². The molecule has 0 fully saturated rings. The fourth-order valence-corrected chi connectivity index (χ4v) is 5.03. The molecule has 0 saturated heterocycles. The van der Waals surface area contributed by atoms with E-state index in [-0.39, 0.29) is 30.2 Å². The molecule has 0 bridgehead atoms. The average molecular weight is 547 g/mol. The number of nitrogens with zero attached hydrogens (tertiary/aromatic N) is 3. The van der Waals surface area contributed by atoms with Gasteiger partial charge in [-0.05, 0) is 66.2 Å². The third-order valence-corrected chi connectivity index (χ3v) is 7.44. The lowest BCUT2D eigenvalue weighted by Gasteiger charge is -2.26. The number of nitrogens with one attached hydrogen (secondary N) is 1. The highest BCUT2D eigenvalue weighted by molar-refractivity contribution is 7.89. The van der Waals surface area contributed by atoms with Crippen molar-refractivity contribution < 1.29 is 31.2 Å². The minimum Gasteiger partial charge on any atom is -0.406 e. The molecule has 0 spiro atoms. The Morgan fingerprint density at radius 2 is 1.74 bits per heavy atom. The molecule has 2 heterocycles. The van der Waals surface area contributed by atoms with Crippen LogP contribution in [0.5, 0.6) is 5.75 Å². The Balaban J connectivity index is 1.33. The molecule has 4 rings (SSSR count). The molecule has 0 saturated carbocycles. The number of ether oxygens (including phenoxy) is 1. The summed E-state index contributed by atoms with van der Waals surface area (Å²) in [5, 5.41) is 8.93. The van der Waals surface area contributed by atoms with Crippen LogP contribution in [-0.2, 0) is 21.5 Å². The molecule has 198 valence electrons. The zero-order valence-electron chi connectivity index (χ0n) is 19.7. The molecule has 38 heavy (non-hydrogen) atoms. The Hall–Kier alpha value is -4.12. The van der Waals surface area contributed by atoms with Crippen molar-refractivity contribution in [2.45, 2.75) is 24.3 Å². The van der Waals surface area contributed by atoms with Gasteiger partial charge in [-0.25, -0.2) is 8.42 Å². The average Bonchev–Trinajstić information content (AvgIpc) is 2.89. The predicted octanol–water partition coefficient (Wildman–Crippen LogP) is 3.61. The van der Waals surface area contributed by atoms with Gasteiger partial charge in [-0.15, -0.1) is 13.2 Å². The van der Waals surface area contributed by atoms with Crippen molar-refractivity contribution in [3.05, 3.63) is 100 Å². The maximum atomic E-state index is 12.8. The Kier molecular flexibility index (Phi) is 7.86. The van der Waals surface area contributed by atoms with Crippen molar-refractivity contribution in [3.63, 3.8) is 0 Å². The number of aromatic nitrogens is 1. The zero-order chi connectivity index (χ0) is 27.3. The quantitative estimate of drug-likeness (QED) is 0.430. The summed E-state index contributed by atoms with van der Waals surface area (Å²) < 4.78 is 69.1. The van der Waals surface area contributed by atoms with Gasteiger partial charge in [-0.2, -0.15) is 9.57 Å². The van der Waals surface area contributed by atoms with Crippen molar-refractivity contribution in [1.29, 1.82) is 5.26 Å². The van der Waals surface area contributed by atoms with Gasteiger partial charge in [-0.1, -0.05) is 0 Å². The highest BCUT2D eigenvalue weighted by atomic mass is 32.2. The van der Waals surface area contributed by atoms with E-state index in [4.69, 9.17) is 10.1 Å². The van der Waals surface area contributed by atoms with Gasteiger partial charge in [0.2, 0.25) is 10.0 Å². The molecule has 13 heteroatoms. The van der Waals surface area contributed by atoms with Crippen LogP contribution in [0, 0.1) is 11.3 Å². The van der Waals surface area contributed by atoms with Crippen LogP contribution < -0.4 is 15.8 Å². The lowest BCUT2D eigenvalue weighted by Crippen LogP contribution is -2.36. The van der Waals surface area contributed by atoms with Crippen LogP contribution in [0.2, 0.25) is 0 Å². The van der Waals surface area contributed by atoms with Gasteiger partial charge in [0.25, 0.3) is 5.56 Å². The third-order valence-electron chi connectivity index (χ3n) is 5.56. The molecule has 1 aliphatic heterocycles. The Morgan fingerprint density at radius 3 is 2.34 bits per heavy atom. The predicted molar refractivity (Wildman–Crippen MR) is 129 cm³/mol. The van der Waals surface area contributed by atoms with Gasteiger partial charge in [0.05, 0.1) is 16.5 Å². The molecule has 0 atom stereocenters. The second-order valence-electron chi connectivity index (χ2n) is 8.16. The maximum absolute atomic E-state index is 12.8. The van der Waals surface area contributed by atoms with Gasteiger partial charge in [0.1, 0.15) is 12.4 Å². The number of hydrogen-bond donors (Lipinski definition) is 1. The number of benzene rings is 2. The molecule has 1 aromatic heterocycles. The van der Waals surface area contributed by atoms with Crippen LogP contribution in [0.3, 0.4) is 0 Å². The van der Waals surface area contributed by atoms with E-state index >= 15 is 0 Å². The number of nitriles is 1. The number of halogens is 3. The standard InChI is InChI=1S/C25H21F3N4O5S/c26-25(27,28)37-22-6-8-23(9-7-22)38(34,35)31-13-11-20(12-14-31)30-36-17-19-3-10-24(33)32(16-19)21-4-1-18(15-29)2-5-21/h1-11,16,30H,12-14,17H2. The summed E-state index contributed by atoms with van der Waals surface area (Å²) >= 11 is 0. The molecule has 2 aromatic carbocycles. The lowest BCUT2D eigenvalue weighted by molar-refractivity contribution is -0.274. The minimum absolute atomic E-state index is 0.0401. The first-order valence-electron chi connectivity index (χ1n) is 11.2. The first-order valence-corrected chi connectivity index (χ1v) is 12.6. The first-order chi connectivity index (χ1) is 18.0. The minimum atomic E-state index is -4.87. The maximum Gasteiger partial charge on any atom is 0.573 e. The molecule has 0 unspecified atom stereocenters. The van der Waals surface area contributed by atoms with Crippen LogP contribution in [0.1, 0.15) is 17.5 Å². The summed E-state index contributed by atoms with van der Waals surface area (Å²) in [6, 6.07) is 15.6. The summed E-state index contributed by atoms with van der Waals surface area (Å²) in [4.78, 5) is 17.6. The molecule has 0 radical (unpaired) electrons. The summed E-state index contributed by atoms with van der Waals surface area (Å²) in [5.41, 5.74) is 4.98. The van der Waals surface area contributed by atoms with Crippen LogP contribution in [0.15, 0.2) is 88.3 Å². The second kappa shape index (κ2) is 11.1. The molecule has 1 N–H and O–H groups in total. The van der Waals surface area contributed by atoms with E-state index in [1.165, 1.54) is 14.9 Å². The molecular weight excluding hydrogens is 525 g/mol. The fourth-order valence-electron chi connectivity index (χ4n) is 3.65. The van der Waals surface area contributed by atoms with Gasteiger partial charge in [-0.3, -0.25) is 19.7 Å². The second-order valence-corrected chi connectivity index (χ2v) is 10.1. The normalized spacial score (nSPS) is 14.4. The van der Waals surface area contributed by atoms with Crippen molar-refractivity contribution in [3.8, 4) is 17.5 Å². The Morgan fingerprint density at radius 1 is 1.03 bits per heavy atom. The highest BCUT2D eigenvalue weighted by Gasteiger charge is 2.31. The van der Waals surface area contributed by atoms with Crippen molar-refractivity contribution in [2.75, 3.05) is 13.1 Å². The SMILES string of the molecule is N#Cc1ccc(-n2cc(CONC3=CCN(S(=O)(=O)c4ccc(OC(F)(F)F)cc4)CC3)ccc2=O)cc1. The number of hydrogen-bond acceptors (Lipinski definition) is 7. The zero-order valence-corrected chi connectivity index (χ0v) is 20.5. The van der Waals surface area contributed by atoms with Crippen molar-refractivity contribution in [2.24, 2.45) is 0 Å². The monoisotopic (exact) mass is 546 g/mol. The van der Waals surface area contributed by atoms with Gasteiger partial charge < -0.3 is 4.74 Å². The third kappa shape index (κ3) is 6.60. The number of rotatable bonds is 8. The number of alkyl halides is 3. The van der Waals surface area contributed by atoms with E-state index in [1.807, 2.05) is 6.07 Å². The van der Waals surface area contributed by atoms with Gasteiger partial charge >= 0.3 is 6.36 Å². The highest BCUT2D eigenvalue weighted by Crippen LogP contribution is 2.26. The first kappa shape index (κ1) is 26.9. The van der Waals surface area contributed by atoms with Crippen molar-refractivity contribution >= 4 is 10.0 Å². The van der Waals surface area contributed by atoms with Crippen molar-refractivity contribution in [1.82, 2.24) is 14.4 Å². The molecule has 1 aliphatic rings. The summed E-state index contributed by atoms with van der Waals surface area (Å²) in [6.45, 7) is 0.287. The Labute approximate surface area is 216 Å². The molecule has 9 nitrogen and oxygen atoms in total. The Bertz CT molecular complexity index is 1530. The molecular formula is C25H21F3N4O5S. The number of hydroxylamine groups is 1. The largest absolute Gasteiger partial charge is 0.573 e. The van der Waals surface area contributed by atoms with E-state index in [0.717, 1.165) is 24.3 Å². The lowest BCUT2D eigenvalue weighted by atomic mass is 10.2. The number of sulfonamides is 1. The fraction of sp³-hybridized carbons (Fsp3) is 0.200. The molecule has 0 aliphatic carbocycles. The van der Waals surface area contributed by atoms with E-state index in [1.54, 1.807) is 42.6 Å². The van der Waals surface area contributed by atoms with Crippen LogP contribution in [0.25, 0.3) is 5.69 Å². The molecule has 3 aromatic rings. The number of pyridine rings is 1. The van der Waals surface area contributed by atoms with Gasteiger partial charge in [0, 0.05) is 43.2 Å². The smallest absolute Gasteiger partial charge is 0.406 e. The summed E-state index contributed by atoms with van der Waals surface area (Å²) in [7, 11) is -3.92. The van der Waals surface area contributed by atoms with Crippen LogP contribution in [-0.4, -0.2) is 36.7 Å². The summed E-state index contributed by atoms with van der Waals surface area (Å²) in [6.07, 6.45) is -1.28. The summed E-state index contributed by atoms with van der Waals surface area (Å²) in [5.74, 6) is -0.508. The molecule has 0 amide bonds. The van der Waals surface area contributed by atoms with Crippen LogP contribution >= 0.6 is 0 Å². The topological polar surface area (TPSA) is 114 Å². The van der Waals surface area contributed by atoms with E-state index in [2.05, 4.69) is 10.2 Å². The van der Waals surface area contributed by atoms with Gasteiger partial charge in [0.15, 0.2) is 0 Å². The van der Waals surface area contributed by atoms with E-state index < -0.39 is 22.1 Å². The van der Waals surface area contributed by atoms with E-state index in [9.17, 15) is 26.4 Å².